The average molecular weight is 402 g/mol. The molecular weight excluding hydrogens is 383 g/mol. The SMILES string of the molecule is CO[Si](CCCCNC(=O)Nc1c(F)c(F)c(F)c(F)c1F)(OC)OC. The molecule has 0 aliphatic heterocycles. The maximum Gasteiger partial charge on any atom is 0.500 e. The van der Waals surface area contributed by atoms with E-state index in [1.165, 1.54) is 21.3 Å². The van der Waals surface area contributed by atoms with Crippen LogP contribution in [0.4, 0.5) is 32.4 Å². The molecule has 0 unspecified atom stereocenters. The molecule has 148 valence electrons. The zero-order chi connectivity index (χ0) is 19.9. The van der Waals surface area contributed by atoms with Crippen LogP contribution in [0.5, 0.6) is 0 Å². The van der Waals surface area contributed by atoms with Gasteiger partial charge in [-0.1, -0.05) is 0 Å². The Morgan fingerprint density at radius 2 is 1.31 bits per heavy atom. The fourth-order valence-corrected chi connectivity index (χ4v) is 3.89. The highest BCUT2D eigenvalue weighted by atomic mass is 28.4. The normalized spacial score (nSPS) is 11.5. The summed E-state index contributed by atoms with van der Waals surface area (Å²) in [5.41, 5.74) is -1.41. The van der Waals surface area contributed by atoms with Crippen LogP contribution in [0.2, 0.25) is 6.04 Å². The monoisotopic (exact) mass is 402 g/mol. The van der Waals surface area contributed by atoms with Crippen molar-refractivity contribution in [1.29, 1.82) is 0 Å². The number of amides is 2. The van der Waals surface area contributed by atoms with Gasteiger partial charge in [0.15, 0.2) is 23.3 Å². The number of benzene rings is 1. The van der Waals surface area contributed by atoms with E-state index >= 15 is 0 Å². The first kappa shape index (κ1) is 22.3. The molecule has 0 saturated carbocycles. The Bertz CT molecular complexity index is 609. The number of carbonyl (C=O) groups is 1. The Morgan fingerprint density at radius 1 is 0.846 bits per heavy atom. The highest BCUT2D eigenvalue weighted by Gasteiger charge is 2.36. The van der Waals surface area contributed by atoms with Gasteiger partial charge in [-0.15, -0.1) is 0 Å². The summed E-state index contributed by atoms with van der Waals surface area (Å²) in [5, 5.41) is 3.87. The summed E-state index contributed by atoms with van der Waals surface area (Å²) in [7, 11) is 1.63. The summed E-state index contributed by atoms with van der Waals surface area (Å²) in [6, 6.07) is -0.640. The maximum absolute atomic E-state index is 13.5. The van der Waals surface area contributed by atoms with E-state index in [0.29, 0.717) is 18.9 Å². The molecule has 6 nitrogen and oxygen atoms in total. The molecule has 2 N–H and O–H groups in total. The van der Waals surface area contributed by atoms with E-state index in [0.717, 1.165) is 0 Å². The molecule has 0 aromatic heterocycles. The molecule has 26 heavy (non-hydrogen) atoms. The van der Waals surface area contributed by atoms with Gasteiger partial charge in [-0.2, -0.15) is 0 Å². The molecule has 0 aliphatic carbocycles. The minimum atomic E-state index is -2.73. The average Bonchev–Trinajstić information content (AvgIpc) is 2.65. The number of hydrogen-bond acceptors (Lipinski definition) is 4. The first-order chi connectivity index (χ1) is 12.2. The lowest BCUT2D eigenvalue weighted by molar-refractivity contribution is 0.123. The topological polar surface area (TPSA) is 68.8 Å². The van der Waals surface area contributed by atoms with Crippen LogP contribution >= 0.6 is 0 Å². The summed E-state index contributed by atoms with van der Waals surface area (Å²) < 4.78 is 81.6. The standard InChI is InChI=1S/C14H19F5N2O4Si/c1-23-26(24-2,25-3)7-5-4-6-20-14(22)21-13-11(18)9(16)8(15)10(17)12(13)19/h4-7H2,1-3H3,(H2,20,21,22). The largest absolute Gasteiger partial charge is 0.500 e. The van der Waals surface area contributed by atoms with Gasteiger partial charge in [0.2, 0.25) is 5.82 Å². The van der Waals surface area contributed by atoms with E-state index in [1.807, 2.05) is 0 Å². The molecule has 0 atom stereocenters. The van der Waals surface area contributed by atoms with E-state index in [9.17, 15) is 26.7 Å². The molecule has 0 aliphatic rings. The molecule has 12 heteroatoms. The lowest BCUT2D eigenvalue weighted by atomic mass is 10.2. The van der Waals surface area contributed by atoms with Crippen molar-refractivity contribution in [3.05, 3.63) is 29.1 Å². The van der Waals surface area contributed by atoms with E-state index in [1.54, 1.807) is 5.32 Å². The molecule has 2 amide bonds. The maximum atomic E-state index is 13.5. The van der Waals surface area contributed by atoms with Gasteiger partial charge in [0.1, 0.15) is 5.69 Å². The van der Waals surface area contributed by atoms with Crippen LogP contribution in [0.15, 0.2) is 0 Å². The fraction of sp³-hybridized carbons (Fsp3) is 0.500. The van der Waals surface area contributed by atoms with E-state index in [2.05, 4.69) is 5.32 Å². The summed E-state index contributed by atoms with van der Waals surface area (Å²) >= 11 is 0. The number of rotatable bonds is 9. The Kier molecular flexibility index (Phi) is 8.40. The fourth-order valence-electron chi connectivity index (χ4n) is 2.10. The van der Waals surface area contributed by atoms with Gasteiger partial charge in [-0.3, -0.25) is 0 Å². The Morgan fingerprint density at radius 3 is 1.77 bits per heavy atom. The summed E-state index contributed by atoms with van der Waals surface area (Å²) in [4.78, 5) is 11.6. The molecule has 0 spiro atoms. The van der Waals surface area contributed by atoms with Crippen molar-refractivity contribution in [3.63, 3.8) is 0 Å². The van der Waals surface area contributed by atoms with E-state index < -0.39 is 49.6 Å². The van der Waals surface area contributed by atoms with Gasteiger partial charge in [-0.05, 0) is 12.8 Å². The number of carbonyl (C=O) groups excluding carboxylic acids is 1. The van der Waals surface area contributed by atoms with Crippen molar-refractivity contribution in [2.45, 2.75) is 18.9 Å². The predicted molar refractivity (Wildman–Crippen MR) is 84.1 cm³/mol. The first-order valence-corrected chi connectivity index (χ1v) is 9.38. The van der Waals surface area contributed by atoms with Crippen LogP contribution < -0.4 is 10.6 Å². The van der Waals surface area contributed by atoms with Crippen molar-refractivity contribution in [2.24, 2.45) is 0 Å². The van der Waals surface area contributed by atoms with Crippen LogP contribution in [0, 0.1) is 29.1 Å². The number of hydrogen-bond donors (Lipinski definition) is 2. The second-order valence-electron chi connectivity index (χ2n) is 5.08. The van der Waals surface area contributed by atoms with E-state index in [4.69, 9.17) is 13.3 Å². The third kappa shape index (κ3) is 5.12. The zero-order valence-corrected chi connectivity index (χ0v) is 15.4. The van der Waals surface area contributed by atoms with Crippen LogP contribution in [-0.4, -0.2) is 42.7 Å². The summed E-state index contributed by atoms with van der Waals surface area (Å²) in [6.45, 7) is 0.0862. The van der Waals surface area contributed by atoms with E-state index in [-0.39, 0.29) is 6.54 Å². The third-order valence-electron chi connectivity index (χ3n) is 3.58. The highest BCUT2D eigenvalue weighted by molar-refractivity contribution is 6.60. The first-order valence-electron chi connectivity index (χ1n) is 7.44. The van der Waals surface area contributed by atoms with Crippen LogP contribution in [0.3, 0.4) is 0 Å². The predicted octanol–water partition coefficient (Wildman–Crippen LogP) is 3.16. The minimum absolute atomic E-state index is 0.0862. The zero-order valence-electron chi connectivity index (χ0n) is 14.4. The van der Waals surface area contributed by atoms with Gasteiger partial charge >= 0.3 is 14.8 Å². The van der Waals surface area contributed by atoms with Crippen LogP contribution in [-0.2, 0) is 13.3 Å². The molecule has 0 radical (unpaired) electrons. The number of nitrogens with one attached hydrogen (secondary N) is 2. The van der Waals surface area contributed by atoms with Gasteiger partial charge in [0.05, 0.1) is 0 Å². The molecule has 0 saturated heterocycles. The molecule has 0 heterocycles. The minimum Gasteiger partial charge on any atom is -0.377 e. The number of halogens is 5. The second kappa shape index (κ2) is 9.80. The van der Waals surface area contributed by atoms with Gasteiger partial charge in [0, 0.05) is 33.9 Å². The third-order valence-corrected chi connectivity index (χ3v) is 6.41. The molecule has 1 aromatic rings. The summed E-state index contributed by atoms with van der Waals surface area (Å²) in [5.74, 6) is -10.8. The Hall–Kier alpha value is -1.76. The van der Waals surface area contributed by atoms with Crippen molar-refractivity contribution in [2.75, 3.05) is 33.2 Å². The molecule has 1 aromatic carbocycles. The van der Waals surface area contributed by atoms with Gasteiger partial charge in [0.25, 0.3) is 0 Å². The highest BCUT2D eigenvalue weighted by Crippen LogP contribution is 2.27. The number of anilines is 1. The van der Waals surface area contributed by atoms with Crippen LogP contribution in [0.1, 0.15) is 12.8 Å². The second-order valence-corrected chi connectivity index (χ2v) is 8.17. The lowest BCUT2D eigenvalue weighted by Gasteiger charge is -2.24. The van der Waals surface area contributed by atoms with Crippen LogP contribution in [0.25, 0.3) is 0 Å². The van der Waals surface area contributed by atoms with Crippen molar-refractivity contribution in [3.8, 4) is 0 Å². The lowest BCUT2D eigenvalue weighted by Crippen LogP contribution is -2.42. The van der Waals surface area contributed by atoms with Crippen molar-refractivity contribution in [1.82, 2.24) is 5.32 Å². The molecule has 1 rings (SSSR count). The van der Waals surface area contributed by atoms with Gasteiger partial charge < -0.3 is 23.9 Å². The van der Waals surface area contributed by atoms with Gasteiger partial charge in [-0.25, -0.2) is 26.7 Å². The number of unbranched alkanes of at least 4 members (excludes halogenated alkanes) is 1. The quantitative estimate of drug-likeness (QED) is 0.219. The van der Waals surface area contributed by atoms with Crippen molar-refractivity contribution < 1.29 is 40.0 Å². The Balaban J connectivity index is 2.54. The molecule has 0 fully saturated rings. The number of urea groups is 1. The molecular formula is C14H19F5N2O4Si. The Labute approximate surface area is 148 Å². The van der Waals surface area contributed by atoms with Crippen molar-refractivity contribution >= 4 is 20.5 Å². The summed E-state index contributed by atoms with van der Waals surface area (Å²) in [6.07, 6.45) is 0.986. The molecule has 0 bridgehead atoms. The smallest absolute Gasteiger partial charge is 0.377 e.